The second-order valence-electron chi connectivity index (χ2n) is 3.47. The number of nitrogens with one attached hydrogen (secondary N) is 1. The van der Waals surface area contributed by atoms with Crippen molar-refractivity contribution in [1.29, 1.82) is 0 Å². The molecule has 0 aliphatic carbocycles. The maximum absolute atomic E-state index is 11.3. The van der Waals surface area contributed by atoms with Crippen LogP contribution in [0.3, 0.4) is 0 Å². The summed E-state index contributed by atoms with van der Waals surface area (Å²) in [6.45, 7) is 0.0469. The maximum Gasteiger partial charge on any atom is 0.408 e. The van der Waals surface area contributed by atoms with Crippen molar-refractivity contribution in [2.24, 2.45) is 0 Å². The normalized spacial score (nSPS) is 11.3. The first-order chi connectivity index (χ1) is 8.61. The molecule has 6 nitrogen and oxygen atoms in total. The molecule has 0 heterocycles. The van der Waals surface area contributed by atoms with Crippen LogP contribution in [0.4, 0.5) is 4.79 Å². The Morgan fingerprint density at radius 3 is 2.56 bits per heavy atom. The van der Waals surface area contributed by atoms with Crippen LogP contribution in [0.1, 0.15) is 12.0 Å². The van der Waals surface area contributed by atoms with Crippen LogP contribution in [0.2, 0.25) is 0 Å². The van der Waals surface area contributed by atoms with E-state index in [1.807, 2.05) is 6.07 Å². The fourth-order valence-electron chi connectivity index (χ4n) is 1.20. The average Bonchev–Trinajstić information content (AvgIpc) is 2.36. The first-order valence-corrected chi connectivity index (χ1v) is 5.18. The fourth-order valence-corrected chi connectivity index (χ4v) is 1.20. The largest absolute Gasteiger partial charge is 0.481 e. The molecular weight excluding hydrogens is 238 g/mol. The van der Waals surface area contributed by atoms with E-state index in [2.05, 4.69) is 5.32 Å². The summed E-state index contributed by atoms with van der Waals surface area (Å²) >= 11 is 0. The van der Waals surface area contributed by atoms with Gasteiger partial charge in [-0.3, -0.25) is 9.59 Å². The first-order valence-electron chi connectivity index (χ1n) is 5.18. The molecule has 0 aromatic heterocycles. The van der Waals surface area contributed by atoms with Crippen LogP contribution in [-0.4, -0.2) is 29.5 Å². The summed E-state index contributed by atoms with van der Waals surface area (Å²) in [5, 5.41) is 10.6. The smallest absolute Gasteiger partial charge is 0.408 e. The molecule has 18 heavy (non-hydrogen) atoms. The van der Waals surface area contributed by atoms with Crippen molar-refractivity contribution >= 4 is 18.3 Å². The van der Waals surface area contributed by atoms with Gasteiger partial charge in [-0.1, -0.05) is 30.3 Å². The molecule has 0 aliphatic rings. The van der Waals surface area contributed by atoms with E-state index in [9.17, 15) is 14.4 Å². The van der Waals surface area contributed by atoms with Crippen molar-refractivity contribution in [1.82, 2.24) is 5.32 Å². The molecule has 1 radical (unpaired) electrons. The van der Waals surface area contributed by atoms with E-state index in [1.165, 1.54) is 6.29 Å². The Bertz CT molecular complexity index is 418. The summed E-state index contributed by atoms with van der Waals surface area (Å²) in [6, 6.07) is 7.76. The van der Waals surface area contributed by atoms with Gasteiger partial charge >= 0.3 is 12.1 Å². The number of carbonyl (C=O) groups is 2. The molecule has 0 saturated carbocycles. The van der Waals surface area contributed by atoms with Gasteiger partial charge in [0.15, 0.2) is 0 Å². The molecule has 2 N–H and O–H groups in total. The molecular formula is C12H12NO5. The van der Waals surface area contributed by atoms with E-state index in [0.717, 1.165) is 5.56 Å². The van der Waals surface area contributed by atoms with Gasteiger partial charge in [-0.2, -0.15) is 0 Å². The van der Waals surface area contributed by atoms with E-state index >= 15 is 0 Å². The lowest BCUT2D eigenvalue weighted by Gasteiger charge is -2.10. The number of carboxylic acids is 1. The van der Waals surface area contributed by atoms with E-state index < -0.39 is 24.5 Å². The number of carbonyl (C=O) groups excluding carboxylic acids is 2. The molecule has 95 valence electrons. The highest BCUT2D eigenvalue weighted by Gasteiger charge is 2.16. The van der Waals surface area contributed by atoms with Gasteiger partial charge in [-0.25, -0.2) is 4.79 Å². The number of hydrogen-bond donors (Lipinski definition) is 2. The maximum atomic E-state index is 11.3. The summed E-state index contributed by atoms with van der Waals surface area (Å²) in [6.07, 6.45) is 0.0425. The molecule has 0 saturated heterocycles. The van der Waals surface area contributed by atoms with Crippen LogP contribution in [0, 0.1) is 0 Å². The lowest BCUT2D eigenvalue weighted by molar-refractivity contribution is -0.137. The lowest BCUT2D eigenvalue weighted by atomic mass is 10.2. The number of ether oxygens (including phenoxy) is 1. The van der Waals surface area contributed by atoms with Crippen LogP contribution < -0.4 is 5.32 Å². The lowest BCUT2D eigenvalue weighted by Crippen LogP contribution is -2.37. The van der Waals surface area contributed by atoms with E-state index in [0.29, 0.717) is 0 Å². The van der Waals surface area contributed by atoms with Gasteiger partial charge in [-0.05, 0) is 5.56 Å². The van der Waals surface area contributed by atoms with Crippen LogP contribution in [0.5, 0.6) is 0 Å². The van der Waals surface area contributed by atoms with E-state index in [-0.39, 0.29) is 6.61 Å². The highest BCUT2D eigenvalue weighted by molar-refractivity contribution is 5.78. The SMILES string of the molecule is O=[C][C@H](CC(=O)O)NC(=O)OCc1ccccc1. The van der Waals surface area contributed by atoms with Crippen molar-refractivity contribution in [3.8, 4) is 0 Å². The minimum Gasteiger partial charge on any atom is -0.481 e. The van der Waals surface area contributed by atoms with Gasteiger partial charge in [0, 0.05) is 0 Å². The highest BCUT2D eigenvalue weighted by Crippen LogP contribution is 2.00. The van der Waals surface area contributed by atoms with Crippen molar-refractivity contribution in [3.05, 3.63) is 35.9 Å². The molecule has 1 aromatic carbocycles. The third-order valence-corrected chi connectivity index (χ3v) is 2.03. The second-order valence-corrected chi connectivity index (χ2v) is 3.47. The van der Waals surface area contributed by atoms with Gasteiger partial charge in [0.2, 0.25) is 6.29 Å². The first kappa shape index (κ1) is 13.7. The summed E-state index contributed by atoms with van der Waals surface area (Å²) in [4.78, 5) is 32.0. The van der Waals surface area contributed by atoms with E-state index in [4.69, 9.17) is 9.84 Å². The minimum absolute atomic E-state index is 0.0469. The number of carboxylic acid groups (broad SMARTS) is 1. The third-order valence-electron chi connectivity index (χ3n) is 2.03. The van der Waals surface area contributed by atoms with Crippen LogP contribution in [-0.2, 0) is 20.9 Å². The monoisotopic (exact) mass is 250 g/mol. The van der Waals surface area contributed by atoms with Crippen molar-refractivity contribution in [2.45, 2.75) is 19.1 Å². The highest BCUT2D eigenvalue weighted by atomic mass is 16.5. The predicted octanol–water partition coefficient (Wildman–Crippen LogP) is 0.866. The molecule has 1 aromatic rings. The zero-order valence-corrected chi connectivity index (χ0v) is 9.46. The minimum atomic E-state index is -1.20. The number of amides is 1. The quantitative estimate of drug-likeness (QED) is 0.781. The predicted molar refractivity (Wildman–Crippen MR) is 61.5 cm³/mol. The fraction of sp³-hybridized carbons (Fsp3) is 0.250. The molecule has 1 amide bonds. The zero-order chi connectivity index (χ0) is 13.4. The molecule has 0 spiro atoms. The summed E-state index contributed by atoms with van der Waals surface area (Å²) < 4.78 is 4.82. The molecule has 1 atom stereocenters. The van der Waals surface area contributed by atoms with Gasteiger partial charge in [0.05, 0.1) is 6.42 Å². The molecule has 0 bridgehead atoms. The molecule has 0 aliphatic heterocycles. The average molecular weight is 250 g/mol. The van der Waals surface area contributed by atoms with Crippen molar-refractivity contribution in [3.63, 3.8) is 0 Å². The zero-order valence-electron chi connectivity index (χ0n) is 9.46. The van der Waals surface area contributed by atoms with Crippen LogP contribution >= 0.6 is 0 Å². The van der Waals surface area contributed by atoms with Crippen molar-refractivity contribution < 1.29 is 24.2 Å². The Morgan fingerprint density at radius 2 is 2.00 bits per heavy atom. The standard InChI is InChI=1S/C12H12NO5/c14-7-10(6-11(15)16)13-12(17)18-8-9-4-2-1-3-5-9/h1-5,10H,6,8H2,(H,13,17)(H,15,16)/t10-/m0/s1. The van der Waals surface area contributed by atoms with Crippen LogP contribution in [0.15, 0.2) is 30.3 Å². The molecule has 0 fully saturated rings. The van der Waals surface area contributed by atoms with Gasteiger partial charge in [-0.15, -0.1) is 0 Å². The summed E-state index contributed by atoms with van der Waals surface area (Å²) in [5.41, 5.74) is 0.789. The van der Waals surface area contributed by atoms with Gasteiger partial charge in [0.25, 0.3) is 0 Å². The molecule has 6 heteroatoms. The second kappa shape index (κ2) is 7.05. The number of rotatable bonds is 6. The Morgan fingerprint density at radius 1 is 1.33 bits per heavy atom. The molecule has 0 unspecified atom stereocenters. The number of hydrogen-bond acceptors (Lipinski definition) is 4. The number of alkyl carbamates (subject to hydrolysis) is 1. The summed E-state index contributed by atoms with van der Waals surface area (Å²) in [5.74, 6) is -1.20. The van der Waals surface area contributed by atoms with Crippen molar-refractivity contribution in [2.75, 3.05) is 0 Å². The topological polar surface area (TPSA) is 92.7 Å². The Kier molecular flexibility index (Phi) is 5.37. The van der Waals surface area contributed by atoms with Gasteiger partial charge in [0.1, 0.15) is 12.6 Å². The molecule has 1 rings (SSSR count). The van der Waals surface area contributed by atoms with Gasteiger partial charge < -0.3 is 15.2 Å². The Labute approximate surface area is 104 Å². The van der Waals surface area contributed by atoms with E-state index in [1.54, 1.807) is 24.3 Å². The van der Waals surface area contributed by atoms with Crippen LogP contribution in [0.25, 0.3) is 0 Å². The summed E-state index contributed by atoms with van der Waals surface area (Å²) in [7, 11) is 0. The Hall–Kier alpha value is -2.37. The number of benzene rings is 1. The Balaban J connectivity index is 2.37. The number of aliphatic carboxylic acids is 1. The third kappa shape index (κ3) is 5.11.